The molecule has 0 spiro atoms. The third-order valence-electron chi connectivity index (χ3n) is 5.20. The van der Waals surface area contributed by atoms with Crippen LogP contribution in [-0.4, -0.2) is 18.0 Å². The number of hydrogen-bond donors (Lipinski definition) is 0. The maximum Gasteiger partial charge on any atom is 0.309 e. The maximum atomic E-state index is 12.6. The first-order valence-corrected chi connectivity index (χ1v) is 10.2. The van der Waals surface area contributed by atoms with Crippen LogP contribution in [-0.2, 0) is 24.7 Å². The molecule has 4 nitrogen and oxygen atoms in total. The Kier molecular flexibility index (Phi) is 7.27. The van der Waals surface area contributed by atoms with E-state index in [1.165, 1.54) is 0 Å². The number of rotatable bonds is 6. The Morgan fingerprint density at radius 3 is 2.27 bits per heavy atom. The highest BCUT2D eigenvalue weighted by Gasteiger charge is 2.33. The maximum absolute atomic E-state index is 12.6. The Hall–Kier alpha value is -1.36. The van der Waals surface area contributed by atoms with Gasteiger partial charge in [0.2, 0.25) is 0 Å². The molecular formula is C21H29BrO4. The molecule has 2 rings (SSSR count). The molecule has 1 aromatic carbocycles. The summed E-state index contributed by atoms with van der Waals surface area (Å²) in [6.45, 7) is 7.68. The van der Waals surface area contributed by atoms with Gasteiger partial charge in [0, 0.05) is 4.47 Å². The van der Waals surface area contributed by atoms with Crippen LogP contribution in [0.1, 0.15) is 65.4 Å². The van der Waals surface area contributed by atoms with Crippen LogP contribution in [0.5, 0.6) is 0 Å². The Morgan fingerprint density at radius 1 is 1.15 bits per heavy atom. The van der Waals surface area contributed by atoms with E-state index in [0.29, 0.717) is 12.8 Å². The van der Waals surface area contributed by atoms with Gasteiger partial charge in [-0.2, -0.15) is 0 Å². The van der Waals surface area contributed by atoms with Crippen molar-refractivity contribution in [2.75, 3.05) is 0 Å². The normalized spacial score (nSPS) is 21.7. The zero-order chi connectivity index (χ0) is 19.3. The fourth-order valence-electron chi connectivity index (χ4n) is 3.11. The monoisotopic (exact) mass is 424 g/mol. The first kappa shape index (κ1) is 20.9. The Labute approximate surface area is 164 Å². The number of ether oxygens (including phenoxy) is 2. The SMILES string of the molecule is CCC(C)C(=O)OC1CCC(C(=O)OC(C)(C)c2ccc(Br)cc2)CC1. The van der Waals surface area contributed by atoms with Gasteiger partial charge in [0.05, 0.1) is 11.8 Å². The topological polar surface area (TPSA) is 52.6 Å². The molecule has 1 atom stereocenters. The molecule has 5 heteroatoms. The molecule has 1 aliphatic carbocycles. The van der Waals surface area contributed by atoms with Crippen molar-refractivity contribution in [2.24, 2.45) is 11.8 Å². The van der Waals surface area contributed by atoms with Crippen molar-refractivity contribution >= 4 is 27.9 Å². The molecule has 1 fully saturated rings. The summed E-state index contributed by atoms with van der Waals surface area (Å²) in [6, 6.07) is 7.81. The average Bonchev–Trinajstić information content (AvgIpc) is 2.61. The average molecular weight is 425 g/mol. The van der Waals surface area contributed by atoms with E-state index in [0.717, 1.165) is 29.3 Å². The molecule has 0 saturated heterocycles. The second-order valence-electron chi connectivity index (χ2n) is 7.66. The summed E-state index contributed by atoms with van der Waals surface area (Å²) < 4.78 is 12.4. The molecule has 0 N–H and O–H groups in total. The molecular weight excluding hydrogens is 396 g/mol. The Morgan fingerprint density at radius 2 is 1.73 bits per heavy atom. The van der Waals surface area contributed by atoms with Crippen LogP contribution in [0.25, 0.3) is 0 Å². The lowest BCUT2D eigenvalue weighted by Gasteiger charge is -2.31. The summed E-state index contributed by atoms with van der Waals surface area (Å²) >= 11 is 3.42. The lowest BCUT2D eigenvalue weighted by molar-refractivity contribution is -0.166. The quantitative estimate of drug-likeness (QED) is 0.575. The number of halogens is 1. The van der Waals surface area contributed by atoms with Crippen molar-refractivity contribution in [1.82, 2.24) is 0 Å². The minimum Gasteiger partial charge on any atom is -0.462 e. The van der Waals surface area contributed by atoms with Gasteiger partial charge in [0.25, 0.3) is 0 Å². The summed E-state index contributed by atoms with van der Waals surface area (Å²) in [5, 5.41) is 0. The van der Waals surface area contributed by atoms with Crippen molar-refractivity contribution in [1.29, 1.82) is 0 Å². The first-order valence-electron chi connectivity index (χ1n) is 9.42. The van der Waals surface area contributed by atoms with Crippen LogP contribution >= 0.6 is 15.9 Å². The van der Waals surface area contributed by atoms with Crippen molar-refractivity contribution in [3.8, 4) is 0 Å². The van der Waals surface area contributed by atoms with E-state index in [4.69, 9.17) is 9.47 Å². The third-order valence-corrected chi connectivity index (χ3v) is 5.73. The van der Waals surface area contributed by atoms with Gasteiger partial charge in [0.1, 0.15) is 11.7 Å². The highest BCUT2D eigenvalue weighted by Crippen LogP contribution is 2.32. The van der Waals surface area contributed by atoms with Crippen LogP contribution in [0.2, 0.25) is 0 Å². The van der Waals surface area contributed by atoms with Crippen molar-refractivity contribution < 1.29 is 19.1 Å². The highest BCUT2D eigenvalue weighted by molar-refractivity contribution is 9.10. The van der Waals surface area contributed by atoms with Crippen molar-refractivity contribution in [3.63, 3.8) is 0 Å². The fraction of sp³-hybridized carbons (Fsp3) is 0.619. The van der Waals surface area contributed by atoms with Gasteiger partial charge in [-0.25, -0.2) is 0 Å². The minimum atomic E-state index is -0.669. The summed E-state index contributed by atoms with van der Waals surface area (Å²) in [7, 11) is 0. The van der Waals surface area contributed by atoms with E-state index in [1.54, 1.807) is 0 Å². The second-order valence-corrected chi connectivity index (χ2v) is 8.57. The molecule has 1 aliphatic rings. The third kappa shape index (κ3) is 5.57. The van der Waals surface area contributed by atoms with Gasteiger partial charge in [-0.05, 0) is 63.6 Å². The molecule has 1 saturated carbocycles. The molecule has 26 heavy (non-hydrogen) atoms. The summed E-state index contributed by atoms with van der Waals surface area (Å²) in [4.78, 5) is 24.5. The fourth-order valence-corrected chi connectivity index (χ4v) is 3.37. The molecule has 144 valence electrons. The first-order chi connectivity index (χ1) is 12.2. The van der Waals surface area contributed by atoms with Gasteiger partial charge in [-0.1, -0.05) is 41.9 Å². The lowest BCUT2D eigenvalue weighted by Crippen LogP contribution is -2.34. The molecule has 0 heterocycles. The number of carbonyl (C=O) groups is 2. The van der Waals surface area contributed by atoms with E-state index >= 15 is 0 Å². The summed E-state index contributed by atoms with van der Waals surface area (Å²) in [5.41, 5.74) is 0.294. The zero-order valence-electron chi connectivity index (χ0n) is 16.1. The van der Waals surface area contributed by atoms with Gasteiger partial charge < -0.3 is 9.47 Å². The van der Waals surface area contributed by atoms with Gasteiger partial charge in [-0.15, -0.1) is 0 Å². The minimum absolute atomic E-state index is 0.0654. The van der Waals surface area contributed by atoms with E-state index in [9.17, 15) is 9.59 Å². The molecule has 0 amide bonds. The number of carbonyl (C=O) groups excluding carboxylic acids is 2. The van der Waals surface area contributed by atoms with E-state index < -0.39 is 5.60 Å². The second kappa shape index (κ2) is 9.03. The summed E-state index contributed by atoms with van der Waals surface area (Å²) in [6.07, 6.45) is 3.56. The van der Waals surface area contributed by atoms with E-state index in [2.05, 4.69) is 15.9 Å². The molecule has 1 aromatic rings. The van der Waals surface area contributed by atoms with Crippen LogP contribution in [0.3, 0.4) is 0 Å². The van der Waals surface area contributed by atoms with Crippen molar-refractivity contribution in [3.05, 3.63) is 34.3 Å². The van der Waals surface area contributed by atoms with Crippen LogP contribution in [0.4, 0.5) is 0 Å². The Bertz CT molecular complexity index is 615. The van der Waals surface area contributed by atoms with Crippen LogP contribution < -0.4 is 0 Å². The smallest absolute Gasteiger partial charge is 0.309 e. The zero-order valence-corrected chi connectivity index (χ0v) is 17.7. The van der Waals surface area contributed by atoms with Gasteiger partial charge in [-0.3, -0.25) is 9.59 Å². The van der Waals surface area contributed by atoms with Crippen LogP contribution in [0, 0.1) is 11.8 Å². The number of benzene rings is 1. The molecule has 0 bridgehead atoms. The summed E-state index contributed by atoms with van der Waals surface area (Å²) in [5.74, 6) is -0.479. The van der Waals surface area contributed by atoms with E-state index in [-0.39, 0.29) is 29.9 Å². The predicted octanol–water partition coefficient (Wildman–Crippen LogP) is 5.38. The lowest BCUT2D eigenvalue weighted by atomic mass is 9.87. The molecule has 0 aliphatic heterocycles. The standard InChI is InChI=1S/C21H29BrO4/c1-5-14(2)19(23)25-18-12-6-15(7-13-18)20(24)26-21(3,4)16-8-10-17(22)11-9-16/h8-11,14-15,18H,5-7,12-13H2,1-4H3. The molecule has 1 unspecified atom stereocenters. The van der Waals surface area contributed by atoms with Crippen LogP contribution in [0.15, 0.2) is 28.7 Å². The van der Waals surface area contributed by atoms with Gasteiger partial charge >= 0.3 is 11.9 Å². The highest BCUT2D eigenvalue weighted by atomic mass is 79.9. The van der Waals surface area contributed by atoms with E-state index in [1.807, 2.05) is 52.0 Å². The predicted molar refractivity (Wildman–Crippen MR) is 105 cm³/mol. The molecule has 0 aromatic heterocycles. The number of esters is 2. The Balaban J connectivity index is 1.86. The largest absolute Gasteiger partial charge is 0.462 e. The molecule has 0 radical (unpaired) electrons. The number of hydrogen-bond acceptors (Lipinski definition) is 4. The van der Waals surface area contributed by atoms with Gasteiger partial charge in [0.15, 0.2) is 0 Å². The van der Waals surface area contributed by atoms with Crippen molar-refractivity contribution in [2.45, 2.75) is 71.5 Å².